The molecule has 0 bridgehead atoms. The van der Waals surface area contributed by atoms with Crippen molar-refractivity contribution in [2.75, 3.05) is 13.7 Å². The van der Waals surface area contributed by atoms with Gasteiger partial charge in [0.1, 0.15) is 29.2 Å². The molecule has 0 spiro atoms. The number of hydrogen-bond acceptors (Lipinski definition) is 7. The summed E-state index contributed by atoms with van der Waals surface area (Å²) in [5.41, 5.74) is 0.865. The van der Waals surface area contributed by atoms with Crippen molar-refractivity contribution in [1.29, 1.82) is 0 Å². The van der Waals surface area contributed by atoms with Crippen LogP contribution in [0, 0.1) is 5.21 Å². The molecule has 1 heterocycles. The number of aromatic nitrogens is 2. The number of nitrogens with zero attached hydrogens (tertiary/aromatic N) is 2. The smallest absolute Gasteiger partial charge is 0.342 e. The molecule has 172 valence electrons. The lowest BCUT2D eigenvalue weighted by Crippen LogP contribution is -2.38. The van der Waals surface area contributed by atoms with Crippen LogP contribution in [-0.4, -0.2) is 30.5 Å². The minimum absolute atomic E-state index is 0.0451. The number of carbonyl (C=O) groups excluding carboxylic acids is 2. The summed E-state index contributed by atoms with van der Waals surface area (Å²) < 4.78 is 16.7. The summed E-state index contributed by atoms with van der Waals surface area (Å²) in [5, 5.41) is 13.3. The lowest BCUT2D eigenvalue weighted by atomic mass is 10.1. The minimum Gasteiger partial charge on any atom is -0.618 e. The van der Waals surface area contributed by atoms with Crippen molar-refractivity contribution < 1.29 is 28.5 Å². The SMILES string of the molecule is CCOc1ccccc1C(=O)OCc1nc2ccc(OC)cc2[n+]([O-])c1C(=O)c1ccccc1. The maximum Gasteiger partial charge on any atom is 0.342 e. The molecule has 0 aliphatic heterocycles. The summed E-state index contributed by atoms with van der Waals surface area (Å²) in [4.78, 5) is 30.5. The zero-order chi connectivity index (χ0) is 24.1. The molecule has 4 rings (SSSR count). The molecular formula is C26H22N2O6. The van der Waals surface area contributed by atoms with Crippen LogP contribution in [0.1, 0.15) is 39.0 Å². The summed E-state index contributed by atoms with van der Waals surface area (Å²) in [6.45, 7) is 1.81. The number of ketones is 1. The summed E-state index contributed by atoms with van der Waals surface area (Å²) >= 11 is 0. The van der Waals surface area contributed by atoms with Crippen molar-refractivity contribution in [2.45, 2.75) is 13.5 Å². The molecule has 0 unspecified atom stereocenters. The first-order valence-electron chi connectivity index (χ1n) is 10.6. The van der Waals surface area contributed by atoms with E-state index in [1.165, 1.54) is 13.2 Å². The Kier molecular flexibility index (Phi) is 6.68. The third-order valence-corrected chi connectivity index (χ3v) is 5.13. The van der Waals surface area contributed by atoms with E-state index in [0.717, 1.165) is 0 Å². The van der Waals surface area contributed by atoms with Gasteiger partial charge in [-0.15, -0.1) is 0 Å². The fourth-order valence-electron chi connectivity index (χ4n) is 3.50. The van der Waals surface area contributed by atoms with Crippen molar-refractivity contribution in [3.05, 3.63) is 101 Å². The van der Waals surface area contributed by atoms with E-state index in [1.54, 1.807) is 66.7 Å². The van der Waals surface area contributed by atoms with Crippen LogP contribution in [0.5, 0.6) is 11.5 Å². The van der Waals surface area contributed by atoms with Gasteiger partial charge in [-0.05, 0) is 31.2 Å². The molecule has 0 aliphatic carbocycles. The van der Waals surface area contributed by atoms with Crippen LogP contribution in [-0.2, 0) is 11.3 Å². The van der Waals surface area contributed by atoms with E-state index in [0.29, 0.717) is 33.9 Å². The molecule has 0 saturated carbocycles. The third kappa shape index (κ3) is 4.52. The number of rotatable bonds is 8. The van der Waals surface area contributed by atoms with Crippen LogP contribution < -0.4 is 14.2 Å². The first-order valence-corrected chi connectivity index (χ1v) is 10.6. The number of hydrogen-bond donors (Lipinski definition) is 0. The fraction of sp³-hybridized carbons (Fsp3) is 0.154. The van der Waals surface area contributed by atoms with Crippen LogP contribution in [0.3, 0.4) is 0 Å². The monoisotopic (exact) mass is 458 g/mol. The average Bonchev–Trinajstić information content (AvgIpc) is 2.88. The second-order valence-electron chi connectivity index (χ2n) is 7.26. The van der Waals surface area contributed by atoms with Gasteiger partial charge in [0.2, 0.25) is 5.52 Å². The summed E-state index contributed by atoms with van der Waals surface area (Å²) in [7, 11) is 1.48. The van der Waals surface area contributed by atoms with E-state index in [4.69, 9.17) is 14.2 Å². The summed E-state index contributed by atoms with van der Waals surface area (Å²) in [5.74, 6) is -0.360. The van der Waals surface area contributed by atoms with Crippen molar-refractivity contribution in [3.8, 4) is 11.5 Å². The van der Waals surface area contributed by atoms with Crippen LogP contribution in [0.15, 0.2) is 72.8 Å². The van der Waals surface area contributed by atoms with Gasteiger partial charge in [0.15, 0.2) is 5.69 Å². The molecule has 0 fully saturated rings. The highest BCUT2D eigenvalue weighted by molar-refractivity contribution is 6.07. The van der Waals surface area contributed by atoms with Gasteiger partial charge in [-0.2, -0.15) is 4.73 Å². The Morgan fingerprint density at radius 1 is 1.00 bits per heavy atom. The largest absolute Gasteiger partial charge is 0.618 e. The highest BCUT2D eigenvalue weighted by atomic mass is 16.5. The Labute approximate surface area is 195 Å². The van der Waals surface area contributed by atoms with Crippen LogP contribution in [0.2, 0.25) is 0 Å². The van der Waals surface area contributed by atoms with Gasteiger partial charge in [-0.1, -0.05) is 42.5 Å². The first kappa shape index (κ1) is 22.7. The summed E-state index contributed by atoms with van der Waals surface area (Å²) in [6, 6.07) is 19.8. The molecule has 0 atom stereocenters. The van der Waals surface area contributed by atoms with Crippen molar-refractivity contribution in [2.24, 2.45) is 0 Å². The van der Waals surface area contributed by atoms with Crippen LogP contribution >= 0.6 is 0 Å². The van der Waals surface area contributed by atoms with Crippen molar-refractivity contribution in [1.82, 2.24) is 4.98 Å². The van der Waals surface area contributed by atoms with Gasteiger partial charge >= 0.3 is 5.97 Å². The molecule has 0 aliphatic rings. The van der Waals surface area contributed by atoms with E-state index in [2.05, 4.69) is 4.98 Å². The number of ether oxygens (including phenoxy) is 3. The Bertz CT molecular complexity index is 1350. The van der Waals surface area contributed by atoms with E-state index >= 15 is 0 Å². The van der Waals surface area contributed by atoms with E-state index < -0.39 is 11.8 Å². The lowest BCUT2D eigenvalue weighted by molar-refractivity contribution is -0.580. The molecule has 4 aromatic rings. The van der Waals surface area contributed by atoms with Gasteiger partial charge in [0.05, 0.1) is 19.8 Å². The zero-order valence-electron chi connectivity index (χ0n) is 18.7. The quantitative estimate of drug-likeness (QED) is 0.171. The lowest BCUT2D eigenvalue weighted by Gasteiger charge is -2.13. The number of methoxy groups -OCH3 is 1. The highest BCUT2D eigenvalue weighted by Gasteiger charge is 2.28. The molecule has 34 heavy (non-hydrogen) atoms. The maximum atomic E-state index is 13.3. The molecule has 0 N–H and O–H groups in total. The molecule has 0 radical (unpaired) electrons. The van der Waals surface area contributed by atoms with E-state index in [-0.39, 0.29) is 29.1 Å². The molecule has 8 heteroatoms. The second-order valence-corrected chi connectivity index (χ2v) is 7.26. The van der Waals surface area contributed by atoms with Gasteiger partial charge in [0.25, 0.3) is 11.5 Å². The Morgan fingerprint density at radius 3 is 2.47 bits per heavy atom. The molecule has 0 saturated heterocycles. The third-order valence-electron chi connectivity index (χ3n) is 5.13. The maximum absolute atomic E-state index is 13.3. The van der Waals surface area contributed by atoms with Crippen LogP contribution in [0.4, 0.5) is 0 Å². The molecular weight excluding hydrogens is 436 g/mol. The first-order chi connectivity index (χ1) is 16.5. The van der Waals surface area contributed by atoms with E-state index in [9.17, 15) is 14.8 Å². The molecule has 1 aromatic heterocycles. The zero-order valence-corrected chi connectivity index (χ0v) is 18.7. The fourth-order valence-corrected chi connectivity index (χ4v) is 3.50. The Morgan fingerprint density at radius 2 is 1.74 bits per heavy atom. The predicted octanol–water partition coefficient (Wildman–Crippen LogP) is 3.86. The Balaban J connectivity index is 1.75. The number of para-hydroxylation sites is 1. The van der Waals surface area contributed by atoms with Gasteiger partial charge in [0, 0.05) is 5.56 Å². The van der Waals surface area contributed by atoms with Crippen molar-refractivity contribution in [3.63, 3.8) is 0 Å². The molecule has 3 aromatic carbocycles. The topological polar surface area (TPSA) is 102 Å². The minimum atomic E-state index is -0.656. The number of fused-ring (bicyclic) bond motifs is 1. The molecule has 0 amide bonds. The number of esters is 1. The molecule has 8 nitrogen and oxygen atoms in total. The summed E-state index contributed by atoms with van der Waals surface area (Å²) in [6.07, 6.45) is 0. The van der Waals surface area contributed by atoms with Gasteiger partial charge in [-0.25, -0.2) is 9.78 Å². The van der Waals surface area contributed by atoms with Gasteiger partial charge in [-0.3, -0.25) is 4.79 Å². The van der Waals surface area contributed by atoms with Gasteiger partial charge < -0.3 is 19.4 Å². The predicted molar refractivity (Wildman–Crippen MR) is 124 cm³/mol. The average molecular weight is 458 g/mol. The normalized spacial score (nSPS) is 10.6. The van der Waals surface area contributed by atoms with Crippen molar-refractivity contribution >= 4 is 22.8 Å². The van der Waals surface area contributed by atoms with Crippen LogP contribution in [0.25, 0.3) is 11.0 Å². The van der Waals surface area contributed by atoms with E-state index in [1.807, 2.05) is 6.92 Å². The number of carbonyl (C=O) groups is 2. The second kappa shape index (κ2) is 9.99. The highest BCUT2D eigenvalue weighted by Crippen LogP contribution is 2.22. The Hall–Kier alpha value is -4.46. The standard InChI is InChI=1S/C26H22N2O6/c1-3-33-23-12-8-7-11-19(23)26(30)34-16-21-24(25(29)17-9-5-4-6-10-17)28(31)22-15-18(32-2)13-14-20(22)27-21/h4-15H,3,16H2,1-2H3. The number of benzene rings is 3.